The monoisotopic (exact) mass is 314 g/mol. The molecular weight excluding hydrogens is 292 g/mol. The molecule has 2 heterocycles. The number of aromatic nitrogens is 3. The van der Waals surface area contributed by atoms with Gasteiger partial charge in [-0.25, -0.2) is 9.78 Å². The maximum absolute atomic E-state index is 11.9. The van der Waals surface area contributed by atoms with E-state index >= 15 is 0 Å². The van der Waals surface area contributed by atoms with Crippen LogP contribution in [0, 0.1) is 5.92 Å². The molecule has 3 rings (SSSR count). The van der Waals surface area contributed by atoms with E-state index in [9.17, 15) is 4.79 Å². The summed E-state index contributed by atoms with van der Waals surface area (Å²) in [6, 6.07) is 7.75. The maximum Gasteiger partial charge on any atom is 0.338 e. The van der Waals surface area contributed by atoms with Gasteiger partial charge in [0, 0.05) is 13.1 Å². The number of hydrogen-bond acceptors (Lipinski definition) is 5. The van der Waals surface area contributed by atoms with E-state index in [0.717, 1.165) is 44.6 Å². The molecule has 1 unspecified atom stereocenters. The van der Waals surface area contributed by atoms with Crippen LogP contribution in [-0.2, 0) is 17.7 Å². The molecule has 0 aliphatic carbocycles. The van der Waals surface area contributed by atoms with Crippen LogP contribution in [0.25, 0.3) is 0 Å². The van der Waals surface area contributed by atoms with Gasteiger partial charge in [0.25, 0.3) is 0 Å². The zero-order chi connectivity index (χ0) is 16.1. The molecule has 0 radical (unpaired) electrons. The zero-order valence-electron chi connectivity index (χ0n) is 13.4. The minimum Gasteiger partial charge on any atom is -0.465 e. The highest BCUT2D eigenvalue weighted by atomic mass is 16.5. The Bertz CT molecular complexity index is 642. The van der Waals surface area contributed by atoms with Crippen LogP contribution in [0.15, 0.2) is 36.9 Å². The standard InChI is InChI=1S/C17H22N4O2/c1-23-17(22)16-5-3-2-4-15(16)10-14-6-7-20(11-14)8-9-21-13-18-12-19-21/h2-5,12-14H,6-11H2,1H3. The Morgan fingerprint density at radius 1 is 1.35 bits per heavy atom. The average Bonchev–Trinajstić information content (AvgIpc) is 3.24. The molecule has 1 atom stereocenters. The van der Waals surface area contributed by atoms with E-state index in [0.29, 0.717) is 11.5 Å². The quantitative estimate of drug-likeness (QED) is 0.759. The van der Waals surface area contributed by atoms with Crippen LogP contribution in [-0.4, -0.2) is 52.4 Å². The predicted molar refractivity (Wildman–Crippen MR) is 86.1 cm³/mol. The van der Waals surface area contributed by atoms with Gasteiger partial charge in [0.2, 0.25) is 0 Å². The zero-order valence-corrected chi connectivity index (χ0v) is 13.4. The van der Waals surface area contributed by atoms with E-state index < -0.39 is 0 Å². The van der Waals surface area contributed by atoms with E-state index in [-0.39, 0.29) is 5.97 Å². The Balaban J connectivity index is 1.55. The molecule has 1 aromatic carbocycles. The lowest BCUT2D eigenvalue weighted by molar-refractivity contribution is 0.0599. The molecule has 1 aliphatic rings. The number of rotatable bonds is 6. The SMILES string of the molecule is COC(=O)c1ccccc1CC1CCN(CCn2cncn2)C1. The fourth-order valence-electron chi connectivity index (χ4n) is 3.19. The van der Waals surface area contributed by atoms with Gasteiger partial charge in [0.1, 0.15) is 12.7 Å². The van der Waals surface area contributed by atoms with Gasteiger partial charge in [-0.15, -0.1) is 0 Å². The lowest BCUT2D eigenvalue weighted by Gasteiger charge is -2.16. The highest BCUT2D eigenvalue weighted by molar-refractivity contribution is 5.90. The van der Waals surface area contributed by atoms with Crippen molar-refractivity contribution in [3.63, 3.8) is 0 Å². The van der Waals surface area contributed by atoms with Gasteiger partial charge in [-0.1, -0.05) is 18.2 Å². The third-order valence-electron chi connectivity index (χ3n) is 4.41. The van der Waals surface area contributed by atoms with Crippen molar-refractivity contribution in [2.24, 2.45) is 5.92 Å². The molecule has 122 valence electrons. The first-order valence-electron chi connectivity index (χ1n) is 7.97. The number of esters is 1. The van der Waals surface area contributed by atoms with Crippen molar-refractivity contribution < 1.29 is 9.53 Å². The average molecular weight is 314 g/mol. The molecule has 0 spiro atoms. The van der Waals surface area contributed by atoms with Crippen LogP contribution in [0.3, 0.4) is 0 Å². The molecule has 0 saturated carbocycles. The summed E-state index contributed by atoms with van der Waals surface area (Å²) in [5.41, 5.74) is 1.78. The molecule has 1 fully saturated rings. The van der Waals surface area contributed by atoms with E-state index in [1.54, 1.807) is 12.7 Å². The number of methoxy groups -OCH3 is 1. The van der Waals surface area contributed by atoms with E-state index in [1.165, 1.54) is 7.11 Å². The molecule has 6 nitrogen and oxygen atoms in total. The summed E-state index contributed by atoms with van der Waals surface area (Å²) < 4.78 is 6.74. The highest BCUT2D eigenvalue weighted by Crippen LogP contribution is 2.23. The Hall–Kier alpha value is -2.21. The summed E-state index contributed by atoms with van der Waals surface area (Å²) in [5, 5.41) is 4.13. The number of carbonyl (C=O) groups excluding carboxylic acids is 1. The summed E-state index contributed by atoms with van der Waals surface area (Å²) in [7, 11) is 1.43. The first kappa shape index (κ1) is 15.7. The van der Waals surface area contributed by atoms with E-state index in [4.69, 9.17) is 4.74 Å². The number of hydrogen-bond donors (Lipinski definition) is 0. The Morgan fingerprint density at radius 3 is 3.00 bits per heavy atom. The summed E-state index contributed by atoms with van der Waals surface area (Å²) >= 11 is 0. The fourth-order valence-corrected chi connectivity index (χ4v) is 3.19. The topological polar surface area (TPSA) is 60.2 Å². The maximum atomic E-state index is 11.9. The number of benzene rings is 1. The first-order chi connectivity index (χ1) is 11.3. The third-order valence-corrected chi connectivity index (χ3v) is 4.41. The molecular formula is C17H22N4O2. The molecule has 1 aromatic heterocycles. The van der Waals surface area contributed by atoms with Crippen LogP contribution in [0.4, 0.5) is 0 Å². The molecule has 23 heavy (non-hydrogen) atoms. The minimum atomic E-state index is -0.248. The van der Waals surface area contributed by atoms with E-state index in [2.05, 4.69) is 15.0 Å². The van der Waals surface area contributed by atoms with Crippen molar-refractivity contribution in [3.8, 4) is 0 Å². The van der Waals surface area contributed by atoms with Crippen molar-refractivity contribution in [3.05, 3.63) is 48.0 Å². The predicted octanol–water partition coefficient (Wildman–Crippen LogP) is 1.63. The number of carbonyl (C=O) groups is 1. The van der Waals surface area contributed by atoms with Crippen molar-refractivity contribution in [1.82, 2.24) is 19.7 Å². The van der Waals surface area contributed by atoms with Gasteiger partial charge in [-0.2, -0.15) is 5.10 Å². The molecule has 6 heteroatoms. The Kier molecular flexibility index (Phi) is 5.02. The minimum absolute atomic E-state index is 0.248. The molecule has 2 aromatic rings. The molecule has 1 saturated heterocycles. The molecule has 0 amide bonds. The van der Waals surface area contributed by atoms with E-state index in [1.807, 2.05) is 28.9 Å². The Labute approximate surface area is 136 Å². The summed E-state index contributed by atoms with van der Waals surface area (Å²) in [4.78, 5) is 18.3. The summed E-state index contributed by atoms with van der Waals surface area (Å²) in [5.74, 6) is 0.332. The van der Waals surface area contributed by atoms with Crippen LogP contribution in [0.5, 0.6) is 0 Å². The van der Waals surface area contributed by atoms with Gasteiger partial charge in [-0.05, 0) is 36.9 Å². The number of likely N-dealkylation sites (tertiary alicyclic amines) is 1. The van der Waals surface area contributed by atoms with Crippen molar-refractivity contribution in [1.29, 1.82) is 0 Å². The number of nitrogens with zero attached hydrogens (tertiary/aromatic N) is 4. The summed E-state index contributed by atoms with van der Waals surface area (Å²) in [6.45, 7) is 4.01. The fraction of sp³-hybridized carbons (Fsp3) is 0.471. The van der Waals surface area contributed by atoms with Gasteiger partial charge < -0.3 is 9.64 Å². The van der Waals surface area contributed by atoms with Crippen LogP contribution < -0.4 is 0 Å². The second kappa shape index (κ2) is 7.37. The Morgan fingerprint density at radius 2 is 2.22 bits per heavy atom. The van der Waals surface area contributed by atoms with Crippen LogP contribution >= 0.6 is 0 Å². The van der Waals surface area contributed by atoms with Crippen molar-refractivity contribution in [2.45, 2.75) is 19.4 Å². The highest BCUT2D eigenvalue weighted by Gasteiger charge is 2.24. The number of ether oxygens (including phenoxy) is 1. The van der Waals surface area contributed by atoms with Crippen molar-refractivity contribution in [2.75, 3.05) is 26.7 Å². The van der Waals surface area contributed by atoms with Crippen LogP contribution in [0.1, 0.15) is 22.3 Å². The first-order valence-corrected chi connectivity index (χ1v) is 7.97. The van der Waals surface area contributed by atoms with Gasteiger partial charge in [-0.3, -0.25) is 4.68 Å². The summed E-state index contributed by atoms with van der Waals surface area (Å²) in [6.07, 6.45) is 5.40. The van der Waals surface area contributed by atoms with Crippen LogP contribution in [0.2, 0.25) is 0 Å². The second-order valence-electron chi connectivity index (χ2n) is 5.97. The van der Waals surface area contributed by atoms with Gasteiger partial charge in [0.05, 0.1) is 19.2 Å². The molecule has 0 N–H and O–H groups in total. The molecule has 1 aliphatic heterocycles. The third kappa shape index (κ3) is 3.96. The van der Waals surface area contributed by atoms with Gasteiger partial charge in [0.15, 0.2) is 0 Å². The largest absolute Gasteiger partial charge is 0.465 e. The normalized spacial score (nSPS) is 18.2. The molecule has 0 bridgehead atoms. The lowest BCUT2D eigenvalue weighted by Crippen LogP contribution is -2.25. The van der Waals surface area contributed by atoms with Gasteiger partial charge >= 0.3 is 5.97 Å². The smallest absolute Gasteiger partial charge is 0.338 e. The lowest BCUT2D eigenvalue weighted by atomic mass is 9.95. The second-order valence-corrected chi connectivity index (χ2v) is 5.97. The van der Waals surface area contributed by atoms with Crippen molar-refractivity contribution >= 4 is 5.97 Å².